The molecule has 158 valence electrons. The summed E-state index contributed by atoms with van der Waals surface area (Å²) >= 11 is 0. The summed E-state index contributed by atoms with van der Waals surface area (Å²) in [6, 6.07) is 23.8. The van der Waals surface area contributed by atoms with Gasteiger partial charge in [-0.2, -0.15) is 5.10 Å². The van der Waals surface area contributed by atoms with E-state index in [4.69, 9.17) is 9.84 Å². The number of nitrogens with zero attached hydrogens (tertiary/aromatic N) is 2. The van der Waals surface area contributed by atoms with Gasteiger partial charge in [0.1, 0.15) is 5.75 Å². The molecule has 7 heteroatoms. The number of hydrazone groups is 1. The molecule has 2 aliphatic rings. The minimum Gasteiger partial charge on any atom is -0.464 e. The van der Waals surface area contributed by atoms with Gasteiger partial charge >= 0.3 is 0 Å². The molecule has 2 aliphatic heterocycles. The van der Waals surface area contributed by atoms with Gasteiger partial charge < -0.3 is 4.74 Å². The van der Waals surface area contributed by atoms with Crippen LogP contribution in [0.15, 0.2) is 77.9 Å². The molecule has 0 spiro atoms. The van der Waals surface area contributed by atoms with Crippen molar-refractivity contribution in [3.05, 3.63) is 95.1 Å². The SMILES string of the molecule is Cc1ccc([C@@H]2Oc3ccccc3[C@H]3CC(c4cccc(NS(C)(=O)=O)c4)=NN32)cc1. The smallest absolute Gasteiger partial charge is 0.229 e. The van der Waals surface area contributed by atoms with Crippen molar-refractivity contribution in [2.75, 3.05) is 11.0 Å². The van der Waals surface area contributed by atoms with Crippen molar-refractivity contribution < 1.29 is 13.2 Å². The Morgan fingerprint density at radius 2 is 1.81 bits per heavy atom. The highest BCUT2D eigenvalue weighted by Crippen LogP contribution is 2.47. The van der Waals surface area contributed by atoms with E-state index in [1.807, 2.05) is 41.4 Å². The first-order valence-corrected chi connectivity index (χ1v) is 12.0. The predicted octanol–water partition coefficient (Wildman–Crippen LogP) is 4.61. The molecule has 0 aliphatic carbocycles. The normalized spacial score (nSPS) is 19.8. The Labute approximate surface area is 182 Å². The van der Waals surface area contributed by atoms with Crippen LogP contribution in [-0.4, -0.2) is 25.4 Å². The van der Waals surface area contributed by atoms with Gasteiger partial charge in [-0.25, -0.2) is 13.4 Å². The molecule has 0 unspecified atom stereocenters. The van der Waals surface area contributed by atoms with Gasteiger partial charge in [0, 0.05) is 23.2 Å². The molecule has 0 aromatic heterocycles. The van der Waals surface area contributed by atoms with Crippen LogP contribution in [0.25, 0.3) is 0 Å². The van der Waals surface area contributed by atoms with Crippen molar-refractivity contribution in [1.29, 1.82) is 0 Å². The topological polar surface area (TPSA) is 71.0 Å². The highest BCUT2D eigenvalue weighted by molar-refractivity contribution is 7.92. The Morgan fingerprint density at radius 1 is 1.03 bits per heavy atom. The molecule has 5 rings (SSSR count). The van der Waals surface area contributed by atoms with Gasteiger partial charge in [0.05, 0.1) is 18.0 Å². The Kier molecular flexibility index (Phi) is 4.70. The number of aryl methyl sites for hydroxylation is 1. The highest BCUT2D eigenvalue weighted by Gasteiger charge is 2.40. The third kappa shape index (κ3) is 3.88. The first kappa shape index (κ1) is 19.6. The number of para-hydroxylation sites is 1. The Hall–Kier alpha value is -3.32. The summed E-state index contributed by atoms with van der Waals surface area (Å²) in [6.07, 6.45) is 1.54. The maximum atomic E-state index is 11.6. The second-order valence-electron chi connectivity index (χ2n) is 8.02. The maximum absolute atomic E-state index is 11.6. The number of ether oxygens (including phenoxy) is 1. The van der Waals surface area contributed by atoms with Gasteiger partial charge in [-0.1, -0.05) is 60.2 Å². The molecule has 2 heterocycles. The van der Waals surface area contributed by atoms with Crippen LogP contribution in [0.5, 0.6) is 5.75 Å². The zero-order chi connectivity index (χ0) is 21.6. The summed E-state index contributed by atoms with van der Waals surface area (Å²) in [5.41, 5.74) is 5.66. The number of rotatable bonds is 4. The summed E-state index contributed by atoms with van der Waals surface area (Å²) in [5, 5.41) is 6.97. The van der Waals surface area contributed by atoms with Crippen LogP contribution in [0.3, 0.4) is 0 Å². The van der Waals surface area contributed by atoms with E-state index >= 15 is 0 Å². The fourth-order valence-electron chi connectivity index (χ4n) is 4.14. The molecule has 3 aromatic carbocycles. The van der Waals surface area contributed by atoms with Crippen LogP contribution in [0.2, 0.25) is 0 Å². The van der Waals surface area contributed by atoms with E-state index in [0.717, 1.165) is 34.4 Å². The van der Waals surface area contributed by atoms with E-state index in [0.29, 0.717) is 12.1 Å². The van der Waals surface area contributed by atoms with Gasteiger partial charge in [-0.3, -0.25) is 4.72 Å². The lowest BCUT2D eigenvalue weighted by molar-refractivity contribution is -0.0190. The molecule has 3 aromatic rings. The van der Waals surface area contributed by atoms with Crippen LogP contribution in [0.1, 0.15) is 40.9 Å². The molecule has 6 nitrogen and oxygen atoms in total. The number of hydrogen-bond acceptors (Lipinski definition) is 5. The third-order valence-electron chi connectivity index (χ3n) is 5.56. The van der Waals surface area contributed by atoms with Crippen molar-refractivity contribution in [2.45, 2.75) is 25.6 Å². The lowest BCUT2D eigenvalue weighted by atomic mass is 9.95. The molecule has 0 fully saturated rings. The van der Waals surface area contributed by atoms with Gasteiger partial charge in [-0.15, -0.1) is 0 Å². The average Bonchev–Trinajstić information content (AvgIpc) is 3.19. The van der Waals surface area contributed by atoms with Crippen molar-refractivity contribution in [1.82, 2.24) is 5.01 Å². The number of nitrogens with one attached hydrogen (secondary N) is 1. The predicted molar refractivity (Wildman–Crippen MR) is 122 cm³/mol. The van der Waals surface area contributed by atoms with Crippen molar-refractivity contribution in [3.8, 4) is 5.75 Å². The quantitative estimate of drug-likeness (QED) is 0.652. The molecule has 2 atom stereocenters. The Bertz CT molecular complexity index is 1270. The standard InChI is InChI=1S/C24H23N3O3S/c1-16-10-12-17(13-11-16)24-27-22(20-8-3-4-9-23(20)30-24)15-21(25-27)18-6-5-7-19(14-18)26-31(2,28)29/h3-14,22,24,26H,15H2,1-2H3/t22-,24+/m1/s1. The van der Waals surface area contributed by atoms with Crippen LogP contribution in [0.4, 0.5) is 5.69 Å². The number of fused-ring (bicyclic) bond motifs is 3. The van der Waals surface area contributed by atoms with Crippen LogP contribution in [0, 0.1) is 6.92 Å². The maximum Gasteiger partial charge on any atom is 0.229 e. The number of hydrogen-bond donors (Lipinski definition) is 1. The zero-order valence-corrected chi connectivity index (χ0v) is 18.1. The fourth-order valence-corrected chi connectivity index (χ4v) is 4.69. The Balaban J connectivity index is 1.54. The zero-order valence-electron chi connectivity index (χ0n) is 17.3. The lowest BCUT2D eigenvalue weighted by Gasteiger charge is -2.38. The number of benzene rings is 3. The van der Waals surface area contributed by atoms with Crippen molar-refractivity contribution in [3.63, 3.8) is 0 Å². The van der Waals surface area contributed by atoms with Gasteiger partial charge in [0.15, 0.2) is 0 Å². The first-order chi connectivity index (χ1) is 14.9. The van der Waals surface area contributed by atoms with Gasteiger partial charge in [0.2, 0.25) is 16.3 Å². The second-order valence-corrected chi connectivity index (χ2v) is 9.77. The van der Waals surface area contributed by atoms with Crippen molar-refractivity contribution >= 4 is 21.4 Å². The molecule has 0 saturated heterocycles. The van der Waals surface area contributed by atoms with Crippen molar-refractivity contribution in [2.24, 2.45) is 5.10 Å². The molecule has 0 amide bonds. The summed E-state index contributed by atoms with van der Waals surface area (Å²) in [4.78, 5) is 0. The van der Waals surface area contributed by atoms with Gasteiger partial charge in [0.25, 0.3) is 0 Å². The van der Waals surface area contributed by atoms with Gasteiger partial charge in [-0.05, 0) is 30.7 Å². The first-order valence-electron chi connectivity index (χ1n) is 10.1. The summed E-state index contributed by atoms with van der Waals surface area (Å²) in [7, 11) is -3.35. The molecule has 0 saturated carbocycles. The number of sulfonamides is 1. The van der Waals surface area contributed by atoms with E-state index < -0.39 is 10.0 Å². The molecular weight excluding hydrogens is 410 g/mol. The number of anilines is 1. The van der Waals surface area contributed by atoms with E-state index in [1.54, 1.807) is 6.07 Å². The third-order valence-corrected chi connectivity index (χ3v) is 6.17. The van der Waals surface area contributed by atoms with Crippen LogP contribution in [-0.2, 0) is 10.0 Å². The monoisotopic (exact) mass is 433 g/mol. The van der Waals surface area contributed by atoms with E-state index in [-0.39, 0.29) is 12.3 Å². The second kappa shape index (κ2) is 7.42. The van der Waals surface area contributed by atoms with Crippen LogP contribution < -0.4 is 9.46 Å². The molecule has 0 bridgehead atoms. The molecular formula is C24H23N3O3S. The molecule has 1 N–H and O–H groups in total. The summed E-state index contributed by atoms with van der Waals surface area (Å²) < 4.78 is 32.2. The van der Waals surface area contributed by atoms with E-state index in [1.165, 1.54) is 5.56 Å². The van der Waals surface area contributed by atoms with Crippen LogP contribution >= 0.6 is 0 Å². The molecule has 0 radical (unpaired) electrons. The minimum atomic E-state index is -3.35. The largest absolute Gasteiger partial charge is 0.464 e. The lowest BCUT2D eigenvalue weighted by Crippen LogP contribution is -2.33. The summed E-state index contributed by atoms with van der Waals surface area (Å²) in [6.45, 7) is 2.06. The summed E-state index contributed by atoms with van der Waals surface area (Å²) in [5.74, 6) is 0.873. The Morgan fingerprint density at radius 3 is 2.58 bits per heavy atom. The fraction of sp³-hybridized carbons (Fsp3) is 0.208. The highest BCUT2D eigenvalue weighted by atomic mass is 32.2. The minimum absolute atomic E-state index is 0.0535. The molecule has 31 heavy (non-hydrogen) atoms. The van der Waals surface area contributed by atoms with E-state index in [2.05, 4.69) is 42.0 Å². The average molecular weight is 434 g/mol. The van der Waals surface area contributed by atoms with E-state index in [9.17, 15) is 8.42 Å².